The third-order valence-electron chi connectivity index (χ3n) is 5.48. The minimum absolute atomic E-state index is 0.0292. The smallest absolute Gasteiger partial charge is 0.227 e. The predicted molar refractivity (Wildman–Crippen MR) is 105 cm³/mol. The fraction of sp³-hybridized carbons (Fsp3) is 0.364. The van der Waals surface area contributed by atoms with E-state index in [1.54, 1.807) is 6.20 Å². The Bertz CT molecular complexity index is 819. The Morgan fingerprint density at radius 3 is 2.67 bits per heavy atom. The molecule has 2 aliphatic heterocycles. The third-order valence-corrected chi connectivity index (χ3v) is 5.48. The quantitative estimate of drug-likeness (QED) is 0.831. The van der Waals surface area contributed by atoms with Gasteiger partial charge in [0.05, 0.1) is 5.92 Å². The topological polar surface area (TPSA) is 36.4 Å². The molecular weight excluding hydrogens is 341 g/mol. The molecule has 4 rings (SSSR count). The largest absolute Gasteiger partial charge is 0.356 e. The van der Waals surface area contributed by atoms with Crippen LogP contribution in [0.15, 0.2) is 54.7 Å². The maximum absolute atomic E-state index is 13.1. The van der Waals surface area contributed by atoms with E-state index in [0.717, 1.165) is 50.3 Å². The van der Waals surface area contributed by atoms with Gasteiger partial charge in [-0.25, -0.2) is 9.37 Å². The van der Waals surface area contributed by atoms with Crippen molar-refractivity contribution in [2.75, 3.05) is 31.1 Å². The molecule has 0 spiro atoms. The lowest BCUT2D eigenvalue weighted by molar-refractivity contribution is -0.135. The van der Waals surface area contributed by atoms with Gasteiger partial charge in [0.15, 0.2) is 0 Å². The summed E-state index contributed by atoms with van der Waals surface area (Å²) < 4.78 is 13.1. The van der Waals surface area contributed by atoms with Crippen LogP contribution in [0, 0.1) is 11.7 Å². The summed E-state index contributed by atoms with van der Waals surface area (Å²) in [4.78, 5) is 21.6. The SMILES string of the molecule is O=C([C@H]1CCCN(c2ccccn2)C1)N1CC=C(c2ccc(F)cc2)CC1. The second-order valence-corrected chi connectivity index (χ2v) is 7.24. The molecule has 1 atom stereocenters. The van der Waals surface area contributed by atoms with Gasteiger partial charge >= 0.3 is 0 Å². The van der Waals surface area contributed by atoms with E-state index in [2.05, 4.69) is 16.0 Å². The Morgan fingerprint density at radius 1 is 1.11 bits per heavy atom. The average molecular weight is 365 g/mol. The van der Waals surface area contributed by atoms with Crippen molar-refractivity contribution in [2.45, 2.75) is 19.3 Å². The number of pyridine rings is 1. The van der Waals surface area contributed by atoms with Crippen molar-refractivity contribution in [3.05, 3.63) is 66.1 Å². The van der Waals surface area contributed by atoms with Gasteiger partial charge in [0.25, 0.3) is 0 Å². The minimum atomic E-state index is -0.221. The van der Waals surface area contributed by atoms with Crippen molar-refractivity contribution in [3.8, 4) is 0 Å². The van der Waals surface area contributed by atoms with E-state index < -0.39 is 0 Å². The Balaban J connectivity index is 1.39. The molecule has 1 fully saturated rings. The standard InChI is InChI=1S/C22H24FN3O/c23-20-8-6-17(7-9-20)18-10-14-25(15-11-18)22(27)19-4-3-13-26(16-19)21-5-1-2-12-24-21/h1-2,5-10,12,19H,3-4,11,13-16H2/t19-/m0/s1. The monoisotopic (exact) mass is 365 g/mol. The van der Waals surface area contributed by atoms with Crippen molar-refractivity contribution in [1.29, 1.82) is 0 Å². The zero-order valence-corrected chi connectivity index (χ0v) is 15.4. The van der Waals surface area contributed by atoms with Crippen molar-refractivity contribution in [2.24, 2.45) is 5.92 Å². The van der Waals surface area contributed by atoms with Gasteiger partial charge in [-0.15, -0.1) is 0 Å². The summed E-state index contributed by atoms with van der Waals surface area (Å²) >= 11 is 0. The summed E-state index contributed by atoms with van der Waals surface area (Å²) in [6, 6.07) is 12.5. The number of piperidine rings is 1. The first kappa shape index (κ1) is 17.7. The lowest BCUT2D eigenvalue weighted by atomic mass is 9.94. The number of benzene rings is 1. The molecule has 0 radical (unpaired) electrons. The molecule has 4 nitrogen and oxygen atoms in total. The molecule has 5 heteroatoms. The van der Waals surface area contributed by atoms with Gasteiger partial charge in [-0.3, -0.25) is 4.79 Å². The number of hydrogen-bond donors (Lipinski definition) is 0. The molecule has 1 aromatic carbocycles. The summed E-state index contributed by atoms with van der Waals surface area (Å²) in [5.41, 5.74) is 2.24. The first-order valence-electron chi connectivity index (χ1n) is 9.60. The van der Waals surface area contributed by atoms with Crippen LogP contribution >= 0.6 is 0 Å². The second-order valence-electron chi connectivity index (χ2n) is 7.24. The Kier molecular flexibility index (Phi) is 5.19. The highest BCUT2D eigenvalue weighted by Crippen LogP contribution is 2.26. The maximum atomic E-state index is 13.1. The highest BCUT2D eigenvalue weighted by molar-refractivity contribution is 5.81. The van der Waals surface area contributed by atoms with Crippen LogP contribution in [0.2, 0.25) is 0 Å². The van der Waals surface area contributed by atoms with Gasteiger partial charge < -0.3 is 9.80 Å². The number of halogens is 1. The highest BCUT2D eigenvalue weighted by Gasteiger charge is 2.30. The fourth-order valence-electron chi connectivity index (χ4n) is 3.98. The molecule has 27 heavy (non-hydrogen) atoms. The molecular formula is C22H24FN3O. The van der Waals surface area contributed by atoms with E-state index in [4.69, 9.17) is 0 Å². The Morgan fingerprint density at radius 2 is 1.96 bits per heavy atom. The second kappa shape index (κ2) is 7.91. The van der Waals surface area contributed by atoms with Crippen molar-refractivity contribution in [3.63, 3.8) is 0 Å². The molecule has 0 N–H and O–H groups in total. The number of nitrogens with zero attached hydrogens (tertiary/aromatic N) is 3. The molecule has 1 saturated heterocycles. The third kappa shape index (κ3) is 4.02. The van der Waals surface area contributed by atoms with Crippen LogP contribution in [-0.2, 0) is 4.79 Å². The van der Waals surface area contributed by atoms with E-state index in [0.29, 0.717) is 6.54 Å². The number of rotatable bonds is 3. The Hall–Kier alpha value is -2.69. The minimum Gasteiger partial charge on any atom is -0.356 e. The first-order valence-corrected chi connectivity index (χ1v) is 9.60. The number of aromatic nitrogens is 1. The van der Waals surface area contributed by atoms with E-state index >= 15 is 0 Å². The molecule has 140 valence electrons. The lowest BCUT2D eigenvalue weighted by Crippen LogP contribution is -2.46. The van der Waals surface area contributed by atoms with E-state index in [9.17, 15) is 9.18 Å². The summed E-state index contributed by atoms with van der Waals surface area (Å²) in [6.45, 7) is 3.05. The van der Waals surface area contributed by atoms with Crippen LogP contribution in [0.4, 0.5) is 10.2 Å². The van der Waals surface area contributed by atoms with Gasteiger partial charge in [-0.1, -0.05) is 24.3 Å². The van der Waals surface area contributed by atoms with Crippen LogP contribution in [0.1, 0.15) is 24.8 Å². The van der Waals surface area contributed by atoms with Gasteiger partial charge in [-0.05, 0) is 54.7 Å². The van der Waals surface area contributed by atoms with Crippen LogP contribution in [0.25, 0.3) is 5.57 Å². The molecule has 0 aliphatic carbocycles. The number of anilines is 1. The maximum Gasteiger partial charge on any atom is 0.227 e. The molecule has 1 amide bonds. The normalized spacial score (nSPS) is 20.3. The number of carbonyl (C=O) groups excluding carboxylic acids is 1. The molecule has 3 heterocycles. The summed E-state index contributed by atoms with van der Waals surface area (Å²) in [7, 11) is 0. The van der Waals surface area contributed by atoms with Crippen molar-refractivity contribution in [1.82, 2.24) is 9.88 Å². The molecule has 0 unspecified atom stereocenters. The van der Waals surface area contributed by atoms with Gasteiger partial charge in [-0.2, -0.15) is 0 Å². The van der Waals surface area contributed by atoms with Gasteiger partial charge in [0.1, 0.15) is 11.6 Å². The molecule has 0 bridgehead atoms. The summed E-state index contributed by atoms with van der Waals surface area (Å²) in [6.07, 6.45) is 6.67. The summed E-state index contributed by atoms with van der Waals surface area (Å²) in [5, 5.41) is 0. The lowest BCUT2D eigenvalue weighted by Gasteiger charge is -2.36. The average Bonchev–Trinajstić information content (AvgIpc) is 2.75. The highest BCUT2D eigenvalue weighted by atomic mass is 19.1. The van der Waals surface area contributed by atoms with E-state index in [-0.39, 0.29) is 17.6 Å². The zero-order valence-electron chi connectivity index (χ0n) is 15.4. The predicted octanol–water partition coefficient (Wildman–Crippen LogP) is 3.75. The Labute approximate surface area is 159 Å². The molecule has 0 saturated carbocycles. The van der Waals surface area contributed by atoms with Crippen LogP contribution in [0.3, 0.4) is 0 Å². The summed E-state index contributed by atoms with van der Waals surface area (Å²) in [5.74, 6) is 1.00. The van der Waals surface area contributed by atoms with E-state index in [1.807, 2.05) is 35.2 Å². The molecule has 1 aromatic heterocycles. The number of hydrogen-bond acceptors (Lipinski definition) is 3. The number of amides is 1. The van der Waals surface area contributed by atoms with Crippen LogP contribution in [0.5, 0.6) is 0 Å². The molecule has 2 aliphatic rings. The van der Waals surface area contributed by atoms with Gasteiger partial charge in [0, 0.05) is 32.4 Å². The van der Waals surface area contributed by atoms with Crippen LogP contribution < -0.4 is 4.90 Å². The first-order chi connectivity index (χ1) is 13.2. The zero-order chi connectivity index (χ0) is 18.6. The molecule has 2 aromatic rings. The van der Waals surface area contributed by atoms with E-state index in [1.165, 1.54) is 17.7 Å². The number of carbonyl (C=O) groups is 1. The van der Waals surface area contributed by atoms with Crippen molar-refractivity contribution >= 4 is 17.3 Å². The fourth-order valence-corrected chi connectivity index (χ4v) is 3.98. The van der Waals surface area contributed by atoms with Crippen LogP contribution in [-0.4, -0.2) is 42.0 Å². The van der Waals surface area contributed by atoms with Crippen molar-refractivity contribution < 1.29 is 9.18 Å². The van der Waals surface area contributed by atoms with Gasteiger partial charge in [0.2, 0.25) is 5.91 Å².